The standard InChI is InChI=1S/C19H30N4O6/c1-19(2,3)15(22-18(28)29-4)16(25)23-20-11-14(24)13(21-17(26)27)10-12-8-6-5-7-9-12/h5-9,13-15,20-21,24H,10-11H2,1-4H3,(H,22,28)(H,23,25)(H,26,27)/t13-,14-,15+/m0/s1. The molecule has 10 nitrogen and oxygen atoms in total. The topological polar surface area (TPSA) is 149 Å². The highest BCUT2D eigenvalue weighted by Gasteiger charge is 2.33. The summed E-state index contributed by atoms with van der Waals surface area (Å²) in [4.78, 5) is 35.0. The maximum Gasteiger partial charge on any atom is 0.407 e. The Balaban J connectivity index is 2.66. The molecule has 29 heavy (non-hydrogen) atoms. The van der Waals surface area contributed by atoms with E-state index in [2.05, 4.69) is 26.2 Å². The molecule has 1 rings (SSSR count). The molecular weight excluding hydrogens is 380 g/mol. The van der Waals surface area contributed by atoms with E-state index in [1.165, 1.54) is 7.11 Å². The Bertz CT molecular complexity index is 677. The second-order valence-electron chi connectivity index (χ2n) is 7.62. The number of aliphatic hydroxyl groups is 1. The molecule has 0 aromatic heterocycles. The van der Waals surface area contributed by atoms with Crippen LogP contribution in [0.3, 0.4) is 0 Å². The number of carbonyl (C=O) groups is 3. The van der Waals surface area contributed by atoms with Gasteiger partial charge in [-0.2, -0.15) is 0 Å². The van der Waals surface area contributed by atoms with E-state index in [1.54, 1.807) is 20.8 Å². The zero-order chi connectivity index (χ0) is 22.0. The van der Waals surface area contributed by atoms with Crippen LogP contribution >= 0.6 is 0 Å². The number of amides is 3. The number of aliphatic hydroxyl groups excluding tert-OH is 1. The first-order chi connectivity index (χ1) is 13.5. The Morgan fingerprint density at radius 3 is 2.24 bits per heavy atom. The maximum absolute atomic E-state index is 12.4. The van der Waals surface area contributed by atoms with E-state index >= 15 is 0 Å². The van der Waals surface area contributed by atoms with Gasteiger partial charge in [0.05, 0.1) is 19.3 Å². The molecular formula is C19H30N4O6. The summed E-state index contributed by atoms with van der Waals surface area (Å²) < 4.78 is 4.54. The predicted molar refractivity (Wildman–Crippen MR) is 106 cm³/mol. The molecule has 6 N–H and O–H groups in total. The Labute approximate surface area is 170 Å². The lowest BCUT2D eigenvalue weighted by Crippen LogP contribution is -2.58. The van der Waals surface area contributed by atoms with Crippen molar-refractivity contribution in [1.29, 1.82) is 0 Å². The third kappa shape index (κ3) is 8.79. The van der Waals surface area contributed by atoms with Gasteiger partial charge in [0.1, 0.15) is 6.04 Å². The number of alkyl carbamates (subject to hydrolysis) is 1. The van der Waals surface area contributed by atoms with E-state index in [4.69, 9.17) is 5.11 Å². The van der Waals surface area contributed by atoms with Gasteiger partial charge >= 0.3 is 12.2 Å². The quantitative estimate of drug-likeness (QED) is 0.327. The number of carboxylic acid groups (broad SMARTS) is 1. The van der Waals surface area contributed by atoms with Crippen molar-refractivity contribution in [2.45, 2.75) is 45.4 Å². The lowest BCUT2D eigenvalue weighted by molar-refractivity contribution is -0.126. The van der Waals surface area contributed by atoms with Crippen molar-refractivity contribution in [3.8, 4) is 0 Å². The normalized spacial score (nSPS) is 14.2. The summed E-state index contributed by atoms with van der Waals surface area (Å²) in [5.41, 5.74) is 5.27. The molecule has 0 saturated carbocycles. The number of ether oxygens (including phenoxy) is 1. The molecule has 0 radical (unpaired) electrons. The Morgan fingerprint density at radius 2 is 1.72 bits per heavy atom. The number of hydrogen-bond acceptors (Lipinski definition) is 6. The summed E-state index contributed by atoms with van der Waals surface area (Å²) in [5.74, 6) is -0.527. The van der Waals surface area contributed by atoms with Gasteiger partial charge in [-0.3, -0.25) is 10.2 Å². The van der Waals surface area contributed by atoms with Gasteiger partial charge < -0.3 is 25.6 Å². The molecule has 162 valence electrons. The van der Waals surface area contributed by atoms with Crippen molar-refractivity contribution in [1.82, 2.24) is 21.5 Å². The SMILES string of the molecule is COC(=O)N[C@H](C(=O)NNC[C@H](O)[C@H](Cc1ccccc1)NC(=O)O)C(C)(C)C. The van der Waals surface area contributed by atoms with Gasteiger partial charge in [0.15, 0.2) is 0 Å². The molecule has 0 unspecified atom stereocenters. The van der Waals surface area contributed by atoms with Crippen LogP contribution in [0.15, 0.2) is 30.3 Å². The van der Waals surface area contributed by atoms with Gasteiger partial charge in [-0.1, -0.05) is 51.1 Å². The fourth-order valence-electron chi connectivity index (χ4n) is 2.62. The van der Waals surface area contributed by atoms with E-state index in [0.29, 0.717) is 0 Å². The largest absolute Gasteiger partial charge is 0.465 e. The zero-order valence-electron chi connectivity index (χ0n) is 17.1. The second-order valence-corrected chi connectivity index (χ2v) is 7.62. The molecule has 0 bridgehead atoms. The van der Waals surface area contributed by atoms with Crippen molar-refractivity contribution in [3.63, 3.8) is 0 Å². The molecule has 0 saturated heterocycles. The van der Waals surface area contributed by atoms with Crippen molar-refractivity contribution in [3.05, 3.63) is 35.9 Å². The summed E-state index contributed by atoms with van der Waals surface area (Å²) in [6.07, 6.45) is -2.84. The third-order valence-electron chi connectivity index (χ3n) is 4.17. The second kappa shape index (κ2) is 11.2. The van der Waals surface area contributed by atoms with E-state index in [1.807, 2.05) is 30.3 Å². The van der Waals surface area contributed by atoms with Crippen LogP contribution in [0.25, 0.3) is 0 Å². The molecule has 0 fully saturated rings. The van der Waals surface area contributed by atoms with Crippen LogP contribution in [-0.2, 0) is 16.0 Å². The monoisotopic (exact) mass is 410 g/mol. The average Bonchev–Trinajstić information content (AvgIpc) is 2.64. The average molecular weight is 410 g/mol. The minimum atomic E-state index is -1.26. The Kier molecular flexibility index (Phi) is 9.36. The van der Waals surface area contributed by atoms with Gasteiger partial charge in [0.2, 0.25) is 0 Å². The molecule has 0 aliphatic heterocycles. The molecule has 1 aromatic rings. The molecule has 3 amide bonds. The summed E-state index contributed by atoms with van der Waals surface area (Å²) in [7, 11) is 1.20. The van der Waals surface area contributed by atoms with Gasteiger partial charge in [-0.25, -0.2) is 15.0 Å². The molecule has 0 heterocycles. The smallest absolute Gasteiger partial charge is 0.407 e. The third-order valence-corrected chi connectivity index (χ3v) is 4.17. The molecule has 0 aliphatic rings. The van der Waals surface area contributed by atoms with Crippen LogP contribution in [0.1, 0.15) is 26.3 Å². The minimum absolute atomic E-state index is 0.112. The molecule has 10 heteroatoms. The van der Waals surface area contributed by atoms with Crippen molar-refractivity contribution in [2.24, 2.45) is 5.41 Å². The van der Waals surface area contributed by atoms with E-state index in [0.717, 1.165) is 5.56 Å². The lowest BCUT2D eigenvalue weighted by Gasteiger charge is -2.30. The zero-order valence-corrected chi connectivity index (χ0v) is 17.1. The van der Waals surface area contributed by atoms with Crippen molar-refractivity contribution in [2.75, 3.05) is 13.7 Å². The van der Waals surface area contributed by atoms with Gasteiger partial charge in [0, 0.05) is 6.54 Å². The number of carbonyl (C=O) groups excluding carboxylic acids is 2. The first-order valence-corrected chi connectivity index (χ1v) is 9.13. The van der Waals surface area contributed by atoms with E-state index in [-0.39, 0.29) is 13.0 Å². The summed E-state index contributed by atoms with van der Waals surface area (Å²) in [6.45, 7) is 5.21. The van der Waals surface area contributed by atoms with Gasteiger partial charge in [0.25, 0.3) is 5.91 Å². The van der Waals surface area contributed by atoms with Crippen LogP contribution in [0, 0.1) is 5.41 Å². The Morgan fingerprint density at radius 1 is 1.10 bits per heavy atom. The van der Waals surface area contributed by atoms with E-state index in [9.17, 15) is 19.5 Å². The van der Waals surface area contributed by atoms with Gasteiger partial charge in [-0.15, -0.1) is 0 Å². The number of methoxy groups -OCH3 is 1. The molecule has 0 aliphatic carbocycles. The fraction of sp³-hybridized carbons (Fsp3) is 0.526. The summed E-state index contributed by atoms with van der Waals surface area (Å²) >= 11 is 0. The fourth-order valence-corrected chi connectivity index (χ4v) is 2.62. The number of hydrogen-bond donors (Lipinski definition) is 6. The number of rotatable bonds is 9. The van der Waals surface area contributed by atoms with E-state index < -0.39 is 41.7 Å². The number of nitrogens with one attached hydrogen (secondary N) is 4. The van der Waals surface area contributed by atoms with Crippen LogP contribution in [0.2, 0.25) is 0 Å². The Hall–Kier alpha value is -2.85. The van der Waals surface area contributed by atoms with Crippen LogP contribution in [0.4, 0.5) is 9.59 Å². The highest BCUT2D eigenvalue weighted by molar-refractivity contribution is 5.86. The van der Waals surface area contributed by atoms with Crippen molar-refractivity contribution < 1.29 is 29.3 Å². The van der Waals surface area contributed by atoms with Gasteiger partial charge in [-0.05, 0) is 17.4 Å². The van der Waals surface area contributed by atoms with Crippen molar-refractivity contribution >= 4 is 18.1 Å². The first-order valence-electron chi connectivity index (χ1n) is 9.13. The highest BCUT2D eigenvalue weighted by Crippen LogP contribution is 2.19. The molecule has 1 aromatic carbocycles. The van der Waals surface area contributed by atoms with Crippen LogP contribution in [0.5, 0.6) is 0 Å². The van der Waals surface area contributed by atoms with Crippen LogP contribution in [-0.4, -0.2) is 60.1 Å². The minimum Gasteiger partial charge on any atom is -0.465 e. The molecule has 0 spiro atoms. The summed E-state index contributed by atoms with van der Waals surface area (Å²) in [6, 6.07) is 7.45. The predicted octanol–water partition coefficient (Wildman–Crippen LogP) is 0.618. The first kappa shape index (κ1) is 24.2. The maximum atomic E-state index is 12.4. The molecule has 3 atom stereocenters. The number of hydrazine groups is 1. The lowest BCUT2D eigenvalue weighted by atomic mass is 9.86. The highest BCUT2D eigenvalue weighted by atomic mass is 16.5. The summed E-state index contributed by atoms with van der Waals surface area (Å²) in [5, 5.41) is 24.2. The van der Waals surface area contributed by atoms with Crippen LogP contribution < -0.4 is 21.5 Å². The number of benzene rings is 1.